The molecule has 2 nitrogen and oxygen atoms in total. The lowest BCUT2D eigenvalue weighted by Gasteiger charge is -2.25. The molecule has 0 saturated heterocycles. The Balaban J connectivity index is 0.780. The van der Waals surface area contributed by atoms with Gasteiger partial charge in [0.05, 0.1) is 11.0 Å². The summed E-state index contributed by atoms with van der Waals surface area (Å²) in [7, 11) is 0. The fourth-order valence-corrected chi connectivity index (χ4v) is 15.3. The highest BCUT2D eigenvalue weighted by molar-refractivity contribution is 9.10. The summed E-state index contributed by atoms with van der Waals surface area (Å²) in [5, 5.41) is 2.87. The minimum Gasteiger partial charge on any atom is -0.313 e. The summed E-state index contributed by atoms with van der Waals surface area (Å²) >= 11 is 7.68. The van der Waals surface area contributed by atoms with Crippen LogP contribution in [0.15, 0.2) is 93.9 Å². The molecule has 0 aliphatic heterocycles. The number of aromatic nitrogens is 2. The van der Waals surface area contributed by atoms with Crippen LogP contribution >= 0.6 is 31.9 Å². The smallest absolute Gasteiger partial charge is 0.0535 e. The minimum atomic E-state index is 0.779. The van der Waals surface area contributed by atoms with Crippen molar-refractivity contribution in [2.24, 2.45) is 11.8 Å². The van der Waals surface area contributed by atoms with Crippen LogP contribution in [0.25, 0.3) is 44.3 Å². The molecule has 0 spiro atoms. The molecule has 4 heteroatoms. The molecule has 2 atom stereocenters. The molecule has 0 saturated carbocycles. The maximum Gasteiger partial charge on any atom is 0.0535 e. The molecule has 2 unspecified atom stereocenters. The molecule has 2 aromatic heterocycles. The molecule has 2 aliphatic carbocycles. The SMILES string of the molecule is CCCCCCCCCCCCCCCCCCCCC1CCc2c(n(-c3ccc(-c4ccc(-n5c6c(c7cc(Br)ccc75)CCC(CCCCCCCCCCCCCCCCCCCC)C6)cc4)cc3)c3ccc(Br)cc23)C1. The summed E-state index contributed by atoms with van der Waals surface area (Å²) < 4.78 is 7.61. The molecule has 2 heterocycles. The topological polar surface area (TPSA) is 9.86 Å². The zero-order valence-electron chi connectivity index (χ0n) is 51.0. The first kappa shape index (κ1) is 63.0. The van der Waals surface area contributed by atoms with Gasteiger partial charge in [-0.15, -0.1) is 0 Å². The second-order valence-electron chi connectivity index (χ2n) is 25.8. The lowest BCUT2D eigenvalue weighted by molar-refractivity contribution is 0.398. The third-order valence-electron chi connectivity index (χ3n) is 19.4. The summed E-state index contributed by atoms with van der Waals surface area (Å²) in [6.07, 6.45) is 62.0. The number of rotatable bonds is 41. The Labute approximate surface area is 506 Å². The number of nitrogens with zero attached hydrogens (tertiary/aromatic N) is 2. The van der Waals surface area contributed by atoms with Gasteiger partial charge in [0.25, 0.3) is 0 Å². The van der Waals surface area contributed by atoms with Gasteiger partial charge >= 0.3 is 0 Å². The van der Waals surface area contributed by atoms with Crippen LogP contribution in [0.1, 0.15) is 293 Å². The van der Waals surface area contributed by atoms with Crippen molar-refractivity contribution in [3.63, 3.8) is 0 Å². The first-order valence-corrected chi connectivity index (χ1v) is 36.0. The number of hydrogen-bond donors (Lipinski definition) is 0. The zero-order chi connectivity index (χ0) is 55.4. The molecule has 6 aromatic rings. The number of halogens is 2. The third kappa shape index (κ3) is 19.5. The van der Waals surface area contributed by atoms with Crippen molar-refractivity contribution in [2.45, 2.75) is 296 Å². The van der Waals surface area contributed by atoms with Gasteiger partial charge in [-0.25, -0.2) is 0 Å². The van der Waals surface area contributed by atoms with Crippen molar-refractivity contribution in [2.75, 3.05) is 0 Å². The van der Waals surface area contributed by atoms with E-state index in [0.717, 1.165) is 11.8 Å². The Morgan fingerprint density at radius 1 is 0.338 bits per heavy atom. The van der Waals surface area contributed by atoms with E-state index in [9.17, 15) is 0 Å². The maximum absolute atomic E-state index is 3.84. The first-order chi connectivity index (χ1) is 39.5. The van der Waals surface area contributed by atoms with Crippen molar-refractivity contribution in [3.05, 3.63) is 116 Å². The Kier molecular flexibility index (Phi) is 28.3. The lowest BCUT2D eigenvalue weighted by Crippen LogP contribution is -2.16. The Morgan fingerprint density at radius 3 is 0.900 bits per heavy atom. The molecular weight excluding hydrogens is 1100 g/mol. The maximum atomic E-state index is 3.84. The van der Waals surface area contributed by atoms with Gasteiger partial charge < -0.3 is 9.13 Å². The van der Waals surface area contributed by atoms with Crippen molar-refractivity contribution >= 4 is 53.7 Å². The van der Waals surface area contributed by atoms with Crippen molar-refractivity contribution in [1.82, 2.24) is 9.13 Å². The molecule has 0 radical (unpaired) electrons. The molecule has 2 aliphatic rings. The molecular formula is C76H110Br2N2. The largest absolute Gasteiger partial charge is 0.313 e. The standard InChI is InChI=1S/C76H110Br2N2/c1-3-5-7-9-11-13-15-17-19-21-23-25-27-29-31-33-35-37-39-61-41-53-69-71-59-65(77)47-55-73(71)79(75(69)57-61)67-49-43-63(44-50-67)64-45-51-68(52-46-64)80-74-56-48-66(78)60-72(74)70-54-42-62(58-76(70)80)40-38-36-34-32-30-28-26-24-22-20-18-16-14-12-10-8-6-4-2/h43-52,55-56,59-62H,3-42,53-54,57-58H2,1-2H3. The summed E-state index contributed by atoms with van der Waals surface area (Å²) in [5.41, 5.74) is 14.2. The highest BCUT2D eigenvalue weighted by Gasteiger charge is 2.28. The zero-order valence-corrected chi connectivity index (χ0v) is 54.2. The summed E-state index contributed by atoms with van der Waals surface area (Å²) in [6, 6.07) is 33.0. The van der Waals surface area contributed by atoms with Crippen LogP contribution in [0.5, 0.6) is 0 Å². The van der Waals surface area contributed by atoms with Crippen LogP contribution in [0.2, 0.25) is 0 Å². The van der Waals surface area contributed by atoms with Gasteiger partial charge in [0.15, 0.2) is 0 Å². The van der Waals surface area contributed by atoms with Gasteiger partial charge in [-0.05, 0) is 133 Å². The predicted octanol–water partition coefficient (Wildman–Crippen LogP) is 25.8. The first-order valence-electron chi connectivity index (χ1n) is 34.4. The van der Waals surface area contributed by atoms with Crippen LogP contribution in [-0.2, 0) is 25.7 Å². The quantitative estimate of drug-likeness (QED) is 0.0339. The minimum absolute atomic E-state index is 0.779. The van der Waals surface area contributed by atoms with Crippen molar-refractivity contribution in [1.29, 1.82) is 0 Å². The van der Waals surface area contributed by atoms with Crippen molar-refractivity contribution < 1.29 is 0 Å². The lowest BCUT2D eigenvalue weighted by atomic mass is 9.83. The number of benzene rings is 4. The van der Waals surface area contributed by atoms with E-state index in [1.807, 2.05) is 0 Å². The summed E-state index contributed by atoms with van der Waals surface area (Å²) in [4.78, 5) is 0. The average molecular weight is 1210 g/mol. The van der Waals surface area contributed by atoms with Crippen LogP contribution in [0.4, 0.5) is 0 Å². The second kappa shape index (κ2) is 35.9. The fourth-order valence-electron chi connectivity index (χ4n) is 14.6. The molecule has 0 fully saturated rings. The van der Waals surface area contributed by atoms with E-state index in [1.165, 1.54) is 336 Å². The van der Waals surface area contributed by atoms with Gasteiger partial charge in [0.1, 0.15) is 0 Å². The Morgan fingerprint density at radius 2 is 0.613 bits per heavy atom. The Bertz CT molecular complexity index is 2460. The van der Waals surface area contributed by atoms with Gasteiger partial charge in [-0.1, -0.05) is 314 Å². The average Bonchev–Trinajstić information content (AvgIpc) is 4.06. The molecule has 0 bridgehead atoms. The molecule has 4 aromatic carbocycles. The normalized spacial score (nSPS) is 15.3. The predicted molar refractivity (Wildman–Crippen MR) is 359 cm³/mol. The van der Waals surface area contributed by atoms with E-state index in [-0.39, 0.29) is 0 Å². The third-order valence-corrected chi connectivity index (χ3v) is 20.4. The van der Waals surface area contributed by atoms with E-state index in [2.05, 4.69) is 140 Å². The van der Waals surface area contributed by atoms with Crippen molar-refractivity contribution in [3.8, 4) is 22.5 Å². The molecule has 80 heavy (non-hydrogen) atoms. The van der Waals surface area contributed by atoms with Crippen LogP contribution in [0, 0.1) is 11.8 Å². The number of unbranched alkanes of at least 4 members (excludes halogenated alkanes) is 34. The van der Waals surface area contributed by atoms with Gasteiger partial charge in [-0.2, -0.15) is 0 Å². The number of aryl methyl sites for hydroxylation is 2. The fraction of sp³-hybridized carbons (Fsp3) is 0.632. The van der Waals surface area contributed by atoms with Crippen LogP contribution < -0.4 is 0 Å². The highest BCUT2D eigenvalue weighted by atomic mass is 79.9. The number of fused-ring (bicyclic) bond motifs is 6. The summed E-state index contributed by atoms with van der Waals surface area (Å²) in [5.74, 6) is 1.56. The Hall–Kier alpha value is -3.08. The monoisotopic (exact) mass is 1210 g/mol. The van der Waals surface area contributed by atoms with E-state index in [4.69, 9.17) is 0 Å². The molecule has 0 N–H and O–H groups in total. The second-order valence-corrected chi connectivity index (χ2v) is 27.6. The number of hydrogen-bond acceptors (Lipinski definition) is 0. The van der Waals surface area contributed by atoms with Gasteiger partial charge in [0, 0.05) is 42.5 Å². The summed E-state index contributed by atoms with van der Waals surface area (Å²) in [6.45, 7) is 4.63. The van der Waals surface area contributed by atoms with Gasteiger partial charge in [-0.3, -0.25) is 0 Å². The molecule has 0 amide bonds. The highest BCUT2D eigenvalue weighted by Crippen LogP contribution is 2.42. The van der Waals surface area contributed by atoms with E-state index < -0.39 is 0 Å². The van der Waals surface area contributed by atoms with E-state index in [1.54, 1.807) is 22.5 Å². The molecule has 8 rings (SSSR count). The van der Waals surface area contributed by atoms with E-state index in [0.29, 0.717) is 0 Å². The van der Waals surface area contributed by atoms with Crippen LogP contribution in [-0.4, -0.2) is 9.13 Å². The van der Waals surface area contributed by atoms with Gasteiger partial charge in [0.2, 0.25) is 0 Å². The van der Waals surface area contributed by atoms with Crippen LogP contribution in [0.3, 0.4) is 0 Å². The van der Waals surface area contributed by atoms with E-state index >= 15 is 0 Å². The molecule has 438 valence electrons.